The van der Waals surface area contributed by atoms with E-state index in [1.54, 1.807) is 6.92 Å². The molecule has 9 nitrogen and oxygen atoms in total. The number of carboxylic acid groups (broad SMARTS) is 1. The molecule has 0 spiro atoms. The minimum absolute atomic E-state index is 0.176. The number of nitrogens with one attached hydrogen (secondary N) is 1. The molecule has 1 aromatic carbocycles. The third-order valence-electron chi connectivity index (χ3n) is 6.46. The van der Waals surface area contributed by atoms with Crippen LogP contribution in [-0.4, -0.2) is 59.1 Å². The van der Waals surface area contributed by atoms with Crippen molar-refractivity contribution < 1.29 is 37.8 Å². The van der Waals surface area contributed by atoms with Gasteiger partial charge in [-0.3, -0.25) is 0 Å². The second-order valence-electron chi connectivity index (χ2n) is 9.05. The summed E-state index contributed by atoms with van der Waals surface area (Å²) in [6.07, 6.45) is 2.79. The number of imide groups is 1. The van der Waals surface area contributed by atoms with Crippen LogP contribution < -0.4 is 5.32 Å². The highest BCUT2D eigenvalue weighted by Gasteiger charge is 2.56. The van der Waals surface area contributed by atoms with Crippen molar-refractivity contribution in [2.45, 2.75) is 84.0 Å². The molecule has 1 aromatic rings. The molecule has 3 amide bonds. The first-order valence-corrected chi connectivity index (χ1v) is 13.9. The SMILES string of the molecule is CCCCC[P+](=O)O[C@@H](CCCCNC(=O)OCc1ccccc1)C(=O)[N+]1(C(=O)O)CCC[C@H]1C. The lowest BCUT2D eigenvalue weighted by Crippen LogP contribution is -2.61. The van der Waals surface area contributed by atoms with Crippen LogP contribution in [-0.2, 0) is 25.2 Å². The predicted octanol–water partition coefficient (Wildman–Crippen LogP) is 5.60. The summed E-state index contributed by atoms with van der Waals surface area (Å²) in [6, 6.07) is 9.00. The van der Waals surface area contributed by atoms with E-state index in [0.717, 1.165) is 24.8 Å². The minimum Gasteiger partial charge on any atom is -0.445 e. The van der Waals surface area contributed by atoms with Gasteiger partial charge in [0.05, 0.1) is 6.54 Å². The lowest BCUT2D eigenvalue weighted by Gasteiger charge is -2.31. The summed E-state index contributed by atoms with van der Waals surface area (Å²) < 4.78 is 22.7. The van der Waals surface area contributed by atoms with E-state index >= 15 is 0 Å². The lowest BCUT2D eigenvalue weighted by molar-refractivity contribution is -0.794. The van der Waals surface area contributed by atoms with Gasteiger partial charge >= 0.3 is 26.1 Å². The zero-order valence-electron chi connectivity index (χ0n) is 20.8. The van der Waals surface area contributed by atoms with Gasteiger partial charge in [0.25, 0.3) is 0 Å². The van der Waals surface area contributed by atoms with Gasteiger partial charge in [0.1, 0.15) is 12.6 Å². The van der Waals surface area contributed by atoms with Crippen LogP contribution in [0, 0.1) is 0 Å². The molecule has 0 saturated carbocycles. The molecule has 1 heterocycles. The van der Waals surface area contributed by atoms with E-state index < -0.39 is 36.7 Å². The van der Waals surface area contributed by atoms with Gasteiger partial charge in [0, 0.05) is 19.4 Å². The number of hydrogen-bond acceptors (Lipinski definition) is 6. The summed E-state index contributed by atoms with van der Waals surface area (Å²) in [5.74, 6) is -0.531. The zero-order chi connectivity index (χ0) is 25.7. The molecular formula is C25H39N2O7P+2. The largest absolute Gasteiger partial charge is 0.521 e. The van der Waals surface area contributed by atoms with Crippen LogP contribution in [0.1, 0.15) is 70.8 Å². The Morgan fingerprint density at radius 3 is 2.54 bits per heavy atom. The number of nitrogens with zero attached hydrogens (tertiary/aromatic N) is 1. The number of likely N-dealkylation sites (tertiary alicyclic amines) is 1. The summed E-state index contributed by atoms with van der Waals surface area (Å²) in [5.41, 5.74) is 0.890. The van der Waals surface area contributed by atoms with Gasteiger partial charge in [-0.1, -0.05) is 43.7 Å². The molecule has 0 bridgehead atoms. The van der Waals surface area contributed by atoms with Crippen molar-refractivity contribution in [1.82, 2.24) is 5.32 Å². The first-order valence-electron chi connectivity index (χ1n) is 12.5. The molecule has 194 valence electrons. The molecule has 0 aliphatic carbocycles. The number of alkyl carbamates (subject to hydrolysis) is 1. The molecule has 2 unspecified atom stereocenters. The van der Waals surface area contributed by atoms with E-state index in [1.807, 2.05) is 37.3 Å². The fourth-order valence-electron chi connectivity index (χ4n) is 4.37. The van der Waals surface area contributed by atoms with Crippen LogP contribution in [0.2, 0.25) is 0 Å². The van der Waals surface area contributed by atoms with Gasteiger partial charge in [-0.05, 0) is 49.2 Å². The number of benzene rings is 1. The number of carbonyl (C=O) groups is 3. The molecule has 10 heteroatoms. The molecule has 4 atom stereocenters. The highest BCUT2D eigenvalue weighted by atomic mass is 31.1. The van der Waals surface area contributed by atoms with E-state index in [4.69, 9.17) is 9.26 Å². The van der Waals surface area contributed by atoms with Crippen LogP contribution in [0.25, 0.3) is 0 Å². The van der Waals surface area contributed by atoms with Crippen molar-refractivity contribution in [1.29, 1.82) is 0 Å². The maximum absolute atomic E-state index is 13.4. The Bertz CT molecular complexity index is 851. The van der Waals surface area contributed by atoms with Gasteiger partial charge in [0.15, 0.2) is 6.16 Å². The number of rotatable bonds is 14. The quantitative estimate of drug-likeness (QED) is 0.190. The first-order chi connectivity index (χ1) is 16.8. The Morgan fingerprint density at radius 1 is 1.17 bits per heavy atom. The zero-order valence-corrected chi connectivity index (χ0v) is 21.7. The third kappa shape index (κ3) is 8.67. The molecule has 35 heavy (non-hydrogen) atoms. The maximum atomic E-state index is 13.4. The Labute approximate surface area is 208 Å². The summed E-state index contributed by atoms with van der Waals surface area (Å²) >= 11 is 0. The number of carbonyl (C=O) groups excluding carboxylic acids is 2. The lowest BCUT2D eigenvalue weighted by atomic mass is 10.1. The molecule has 0 radical (unpaired) electrons. The summed E-state index contributed by atoms with van der Waals surface area (Å²) in [5, 5.41) is 12.6. The molecule has 1 saturated heterocycles. The highest BCUT2D eigenvalue weighted by Crippen LogP contribution is 2.34. The monoisotopic (exact) mass is 510 g/mol. The van der Waals surface area contributed by atoms with Crippen LogP contribution in [0.3, 0.4) is 0 Å². The third-order valence-corrected chi connectivity index (χ3v) is 7.63. The van der Waals surface area contributed by atoms with Crippen molar-refractivity contribution in [2.75, 3.05) is 19.3 Å². The van der Waals surface area contributed by atoms with E-state index in [1.165, 1.54) is 0 Å². The average molecular weight is 511 g/mol. The maximum Gasteiger partial charge on any atom is 0.521 e. The Balaban J connectivity index is 1.88. The van der Waals surface area contributed by atoms with Crippen LogP contribution >= 0.6 is 8.03 Å². The van der Waals surface area contributed by atoms with Crippen molar-refractivity contribution in [3.05, 3.63) is 35.9 Å². The standard InChI is InChI=1S/C25H37N2O7P/c1-3-4-10-18-35(32)34-22(23(28)27(25(30)31)17-11-12-20(27)2)15-8-9-16-26-24(29)33-19-21-13-6-5-7-14-21/h5-7,13-14,20,22H,3-4,8-12,15-19H2,1-2H3/p+2/t20-,22+,27?/m1/s1. The highest BCUT2D eigenvalue weighted by molar-refractivity contribution is 7.39. The second-order valence-corrected chi connectivity index (χ2v) is 10.4. The van der Waals surface area contributed by atoms with Gasteiger partial charge in [-0.15, -0.1) is 4.52 Å². The first kappa shape index (κ1) is 28.9. The van der Waals surface area contributed by atoms with Crippen molar-refractivity contribution in [3.8, 4) is 0 Å². The smallest absolute Gasteiger partial charge is 0.445 e. The van der Waals surface area contributed by atoms with E-state index in [0.29, 0.717) is 38.4 Å². The van der Waals surface area contributed by atoms with E-state index in [-0.39, 0.29) is 25.6 Å². The van der Waals surface area contributed by atoms with E-state index in [2.05, 4.69) is 5.32 Å². The van der Waals surface area contributed by atoms with Gasteiger partial charge < -0.3 is 15.2 Å². The van der Waals surface area contributed by atoms with Gasteiger partial charge in [-0.2, -0.15) is 9.28 Å². The Kier molecular flexibility index (Phi) is 12.3. The van der Waals surface area contributed by atoms with Gasteiger partial charge in [-0.25, -0.2) is 9.59 Å². The summed E-state index contributed by atoms with van der Waals surface area (Å²) in [7, 11) is -2.06. The average Bonchev–Trinajstić information content (AvgIpc) is 3.24. The number of unbranched alkanes of at least 4 members (excludes halogenated alkanes) is 3. The molecular weight excluding hydrogens is 471 g/mol. The van der Waals surface area contributed by atoms with E-state index in [9.17, 15) is 24.1 Å². The number of amides is 3. The molecule has 2 N–H and O–H groups in total. The molecule has 1 fully saturated rings. The predicted molar refractivity (Wildman–Crippen MR) is 132 cm³/mol. The van der Waals surface area contributed by atoms with Crippen LogP contribution in [0.5, 0.6) is 0 Å². The fraction of sp³-hybridized carbons (Fsp3) is 0.640. The minimum atomic E-state index is -2.06. The molecule has 1 aliphatic rings. The molecule has 2 rings (SSSR count). The topological polar surface area (TPSA) is 119 Å². The summed E-state index contributed by atoms with van der Waals surface area (Å²) in [6.45, 7) is 4.54. The van der Waals surface area contributed by atoms with Crippen molar-refractivity contribution in [3.63, 3.8) is 0 Å². The normalized spacial score (nSPS) is 20.7. The van der Waals surface area contributed by atoms with Crippen molar-refractivity contribution in [2.24, 2.45) is 0 Å². The molecule has 0 aromatic heterocycles. The fourth-order valence-corrected chi connectivity index (χ4v) is 5.43. The van der Waals surface area contributed by atoms with Crippen molar-refractivity contribution >= 4 is 26.1 Å². The molecule has 1 aliphatic heterocycles. The Morgan fingerprint density at radius 2 is 1.91 bits per heavy atom. The summed E-state index contributed by atoms with van der Waals surface area (Å²) in [4.78, 5) is 37.5. The Hall–Kier alpha value is -2.35. The number of hydrogen-bond donors (Lipinski definition) is 2. The van der Waals surface area contributed by atoms with Crippen LogP contribution in [0.4, 0.5) is 9.59 Å². The number of quaternary nitrogens is 1. The number of ether oxygens (including phenoxy) is 1. The second kappa shape index (κ2) is 14.9. The van der Waals surface area contributed by atoms with Crippen LogP contribution in [0.15, 0.2) is 30.3 Å². The van der Waals surface area contributed by atoms with Gasteiger partial charge in [0.2, 0.25) is 6.10 Å².